The van der Waals surface area contributed by atoms with Crippen molar-refractivity contribution in [2.24, 2.45) is 0 Å². The summed E-state index contributed by atoms with van der Waals surface area (Å²) in [4.78, 5) is 14.4. The number of nitrogens with zero attached hydrogens (tertiary/aromatic N) is 2. The molecular weight excluding hydrogens is 463 g/mol. The summed E-state index contributed by atoms with van der Waals surface area (Å²) in [7, 11) is -3.61. The van der Waals surface area contributed by atoms with Crippen molar-refractivity contribution in [1.82, 2.24) is 9.21 Å². The largest absolute Gasteiger partial charge is 0.336 e. The molecule has 0 unspecified atom stereocenters. The number of rotatable bonds is 3. The maximum atomic E-state index is 12.8. The Kier molecular flexibility index (Phi) is 5.94. The molecule has 0 N–H and O–H groups in total. The maximum absolute atomic E-state index is 12.8. The predicted octanol–water partition coefficient (Wildman–Crippen LogP) is 3.90. The summed E-state index contributed by atoms with van der Waals surface area (Å²) in [5.74, 6) is -0.193. The number of benzene rings is 2. The maximum Gasteiger partial charge on any atom is 0.253 e. The third kappa shape index (κ3) is 3.92. The Balaban J connectivity index is 1.72. The number of halogens is 3. The van der Waals surface area contributed by atoms with Crippen LogP contribution >= 0.6 is 39.1 Å². The van der Waals surface area contributed by atoms with E-state index in [2.05, 4.69) is 15.9 Å². The van der Waals surface area contributed by atoms with E-state index in [0.29, 0.717) is 33.2 Å². The number of hydrogen-bond donors (Lipinski definition) is 0. The van der Waals surface area contributed by atoms with Gasteiger partial charge in [-0.25, -0.2) is 8.42 Å². The van der Waals surface area contributed by atoms with E-state index in [0.717, 1.165) is 0 Å². The second-order valence-corrected chi connectivity index (χ2v) is 9.33. The molecule has 0 bridgehead atoms. The molecule has 1 amide bonds. The van der Waals surface area contributed by atoms with Crippen molar-refractivity contribution >= 4 is 55.1 Å². The molecule has 1 saturated heterocycles. The zero-order valence-electron chi connectivity index (χ0n) is 13.5. The van der Waals surface area contributed by atoms with Crippen LogP contribution in [-0.2, 0) is 10.0 Å². The summed E-state index contributed by atoms with van der Waals surface area (Å²) in [5, 5.41) is 0.695. The molecular formula is C17H15BrCl2N2O3S. The van der Waals surface area contributed by atoms with Gasteiger partial charge in [0.1, 0.15) is 0 Å². The minimum absolute atomic E-state index is 0.193. The highest BCUT2D eigenvalue weighted by atomic mass is 79.9. The lowest BCUT2D eigenvalue weighted by molar-refractivity contribution is 0.0698. The first-order valence-corrected chi connectivity index (χ1v) is 10.8. The molecule has 1 fully saturated rings. The van der Waals surface area contributed by atoms with E-state index >= 15 is 0 Å². The van der Waals surface area contributed by atoms with Crippen LogP contribution in [-0.4, -0.2) is 49.7 Å². The Hall–Kier alpha value is -1.12. The Bertz CT molecular complexity index is 945. The average molecular weight is 478 g/mol. The van der Waals surface area contributed by atoms with Crippen molar-refractivity contribution in [3.63, 3.8) is 0 Å². The fourth-order valence-corrected chi connectivity index (χ4v) is 5.42. The second-order valence-electron chi connectivity index (χ2n) is 5.76. The van der Waals surface area contributed by atoms with Gasteiger partial charge in [0, 0.05) is 36.2 Å². The van der Waals surface area contributed by atoms with Gasteiger partial charge >= 0.3 is 0 Å². The van der Waals surface area contributed by atoms with Crippen LogP contribution in [0.1, 0.15) is 10.4 Å². The number of carbonyl (C=O) groups excluding carboxylic acids is 1. The van der Waals surface area contributed by atoms with Gasteiger partial charge in [-0.15, -0.1) is 0 Å². The fourth-order valence-electron chi connectivity index (χ4n) is 2.74. The fraction of sp³-hybridized carbons (Fsp3) is 0.235. The van der Waals surface area contributed by atoms with Gasteiger partial charge in [-0.1, -0.05) is 35.3 Å². The van der Waals surface area contributed by atoms with Crippen molar-refractivity contribution in [2.75, 3.05) is 26.2 Å². The third-order valence-corrected chi connectivity index (χ3v) is 7.80. The van der Waals surface area contributed by atoms with E-state index in [1.807, 2.05) is 0 Å². The molecule has 0 saturated carbocycles. The van der Waals surface area contributed by atoms with Gasteiger partial charge in [0.25, 0.3) is 5.91 Å². The summed E-state index contributed by atoms with van der Waals surface area (Å²) in [6, 6.07) is 11.4. The van der Waals surface area contributed by atoms with Gasteiger partial charge in [0.05, 0.1) is 14.9 Å². The van der Waals surface area contributed by atoms with Crippen LogP contribution in [0.25, 0.3) is 0 Å². The zero-order valence-corrected chi connectivity index (χ0v) is 17.4. The highest BCUT2D eigenvalue weighted by Gasteiger charge is 2.31. The van der Waals surface area contributed by atoms with E-state index in [1.165, 1.54) is 10.4 Å². The first kappa shape index (κ1) is 19.6. The van der Waals surface area contributed by atoms with Gasteiger partial charge in [0.2, 0.25) is 10.0 Å². The van der Waals surface area contributed by atoms with Crippen LogP contribution < -0.4 is 0 Å². The van der Waals surface area contributed by atoms with Crippen LogP contribution in [0, 0.1) is 0 Å². The molecule has 0 spiro atoms. The van der Waals surface area contributed by atoms with Crippen LogP contribution in [0.2, 0.25) is 10.0 Å². The van der Waals surface area contributed by atoms with Gasteiger partial charge in [-0.2, -0.15) is 4.31 Å². The molecule has 1 heterocycles. The molecule has 2 aromatic carbocycles. The van der Waals surface area contributed by atoms with Gasteiger partial charge in [0.15, 0.2) is 0 Å². The zero-order chi connectivity index (χ0) is 18.9. The third-order valence-electron chi connectivity index (χ3n) is 4.15. The van der Waals surface area contributed by atoms with Crippen molar-refractivity contribution < 1.29 is 13.2 Å². The normalized spacial score (nSPS) is 15.9. The number of hydrogen-bond acceptors (Lipinski definition) is 3. The van der Waals surface area contributed by atoms with E-state index in [1.54, 1.807) is 41.3 Å². The molecule has 2 aromatic rings. The molecule has 1 aliphatic rings. The number of sulfonamides is 1. The molecule has 0 aliphatic carbocycles. The van der Waals surface area contributed by atoms with Crippen LogP contribution in [0.4, 0.5) is 0 Å². The molecule has 1 aliphatic heterocycles. The van der Waals surface area contributed by atoms with Crippen molar-refractivity contribution in [3.05, 3.63) is 62.5 Å². The lowest BCUT2D eigenvalue weighted by Gasteiger charge is -2.34. The molecule has 5 nitrogen and oxygen atoms in total. The van der Waals surface area contributed by atoms with Crippen LogP contribution in [0.5, 0.6) is 0 Å². The van der Waals surface area contributed by atoms with E-state index in [-0.39, 0.29) is 23.9 Å². The summed E-state index contributed by atoms with van der Waals surface area (Å²) in [6.45, 7) is 1.08. The SMILES string of the molecule is O=C(c1ccc(Cl)c(Cl)c1)N1CCN(S(=O)(=O)c2ccccc2Br)CC1. The highest BCUT2D eigenvalue weighted by molar-refractivity contribution is 9.10. The monoisotopic (exact) mass is 476 g/mol. The van der Waals surface area contributed by atoms with Crippen molar-refractivity contribution in [1.29, 1.82) is 0 Å². The van der Waals surface area contributed by atoms with E-state index < -0.39 is 10.0 Å². The van der Waals surface area contributed by atoms with Crippen molar-refractivity contribution in [3.8, 4) is 0 Å². The standard InChI is InChI=1S/C17H15BrCl2N2O3S/c18-13-3-1-2-4-16(13)26(24,25)22-9-7-21(8-10-22)17(23)12-5-6-14(19)15(20)11-12/h1-6,11H,7-10H2. The Morgan fingerprint density at radius 1 is 0.962 bits per heavy atom. The molecule has 3 rings (SSSR count). The topological polar surface area (TPSA) is 57.7 Å². The first-order chi connectivity index (χ1) is 12.3. The lowest BCUT2D eigenvalue weighted by Crippen LogP contribution is -2.50. The Morgan fingerprint density at radius 3 is 2.23 bits per heavy atom. The average Bonchev–Trinajstić information content (AvgIpc) is 2.63. The van der Waals surface area contributed by atoms with Crippen molar-refractivity contribution in [2.45, 2.75) is 4.90 Å². The number of carbonyl (C=O) groups is 1. The Labute approximate surface area is 170 Å². The van der Waals surface area contributed by atoms with E-state index in [4.69, 9.17) is 23.2 Å². The smallest absolute Gasteiger partial charge is 0.253 e. The minimum Gasteiger partial charge on any atom is -0.336 e. The molecule has 26 heavy (non-hydrogen) atoms. The quantitative estimate of drug-likeness (QED) is 0.673. The Morgan fingerprint density at radius 2 is 1.62 bits per heavy atom. The number of amides is 1. The molecule has 9 heteroatoms. The summed E-state index contributed by atoms with van der Waals surface area (Å²) >= 11 is 15.1. The second kappa shape index (κ2) is 7.86. The van der Waals surface area contributed by atoms with Gasteiger partial charge < -0.3 is 4.90 Å². The van der Waals surface area contributed by atoms with E-state index in [9.17, 15) is 13.2 Å². The molecule has 0 aromatic heterocycles. The molecule has 138 valence electrons. The summed E-state index contributed by atoms with van der Waals surface area (Å²) in [6.07, 6.45) is 0. The molecule has 0 radical (unpaired) electrons. The summed E-state index contributed by atoms with van der Waals surface area (Å²) in [5.41, 5.74) is 0.432. The highest BCUT2D eigenvalue weighted by Crippen LogP contribution is 2.26. The van der Waals surface area contributed by atoms with Gasteiger partial charge in [-0.05, 0) is 46.3 Å². The molecule has 0 atom stereocenters. The summed E-state index contributed by atoms with van der Waals surface area (Å²) < 4.78 is 27.5. The van der Waals surface area contributed by atoms with Gasteiger partial charge in [-0.3, -0.25) is 4.79 Å². The van der Waals surface area contributed by atoms with Crippen LogP contribution in [0.15, 0.2) is 51.8 Å². The minimum atomic E-state index is -3.61. The lowest BCUT2D eigenvalue weighted by atomic mass is 10.2. The van der Waals surface area contributed by atoms with Crippen LogP contribution in [0.3, 0.4) is 0 Å². The number of piperazine rings is 1. The first-order valence-electron chi connectivity index (χ1n) is 7.80. The predicted molar refractivity (Wildman–Crippen MR) is 105 cm³/mol.